The van der Waals surface area contributed by atoms with Crippen molar-refractivity contribution < 1.29 is 19.1 Å². The molecule has 0 spiro atoms. The fourth-order valence-electron chi connectivity index (χ4n) is 2.41. The molecule has 0 bridgehead atoms. The third-order valence-corrected chi connectivity index (χ3v) is 4.32. The van der Waals surface area contributed by atoms with Crippen molar-refractivity contribution in [2.75, 3.05) is 24.4 Å². The number of anilines is 2. The number of nitriles is 1. The smallest absolute Gasteiger partial charge is 0.340 e. The third-order valence-electron chi connectivity index (χ3n) is 4.03. The number of methoxy groups -OCH3 is 1. The van der Waals surface area contributed by atoms with E-state index >= 15 is 0 Å². The summed E-state index contributed by atoms with van der Waals surface area (Å²) in [5.74, 6) is -0.696. The van der Waals surface area contributed by atoms with Crippen LogP contribution in [0.1, 0.15) is 30.1 Å². The number of unbranched alkanes of at least 4 members (excludes halogenated alkanes) is 1. The molecule has 2 aromatic rings. The first-order valence-electron chi connectivity index (χ1n) is 9.28. The molecule has 0 saturated heterocycles. The van der Waals surface area contributed by atoms with Crippen LogP contribution in [0.2, 0.25) is 5.02 Å². The maximum Gasteiger partial charge on any atom is 0.340 e. The second kappa shape index (κ2) is 11.5. The lowest BCUT2D eigenvalue weighted by Gasteiger charge is -2.11. The molecule has 1 amide bonds. The van der Waals surface area contributed by atoms with Crippen LogP contribution in [0.5, 0.6) is 5.75 Å². The van der Waals surface area contributed by atoms with Gasteiger partial charge in [0.25, 0.3) is 5.91 Å². The first-order valence-corrected chi connectivity index (χ1v) is 9.65. The lowest BCUT2D eigenvalue weighted by atomic mass is 10.1. The van der Waals surface area contributed by atoms with Gasteiger partial charge in [0, 0.05) is 11.9 Å². The molecule has 7 nitrogen and oxygen atoms in total. The van der Waals surface area contributed by atoms with Crippen LogP contribution in [-0.2, 0) is 9.53 Å². The van der Waals surface area contributed by atoms with Gasteiger partial charge in [0.1, 0.15) is 17.4 Å². The van der Waals surface area contributed by atoms with Crippen LogP contribution in [0.25, 0.3) is 0 Å². The summed E-state index contributed by atoms with van der Waals surface area (Å²) in [6, 6.07) is 13.2. The van der Waals surface area contributed by atoms with Crippen LogP contribution in [0, 0.1) is 11.3 Å². The number of benzene rings is 2. The van der Waals surface area contributed by atoms with Gasteiger partial charge in [0.05, 0.1) is 30.0 Å². The number of ether oxygens (including phenoxy) is 2. The highest BCUT2D eigenvalue weighted by Gasteiger charge is 2.16. The van der Waals surface area contributed by atoms with E-state index in [0.717, 1.165) is 12.8 Å². The van der Waals surface area contributed by atoms with E-state index in [-0.39, 0.29) is 16.8 Å². The number of carbonyl (C=O) groups is 2. The van der Waals surface area contributed by atoms with Crippen LogP contribution in [0.15, 0.2) is 54.2 Å². The van der Waals surface area contributed by atoms with E-state index in [0.29, 0.717) is 23.1 Å². The number of amides is 1. The molecule has 0 aliphatic carbocycles. The van der Waals surface area contributed by atoms with Crippen molar-refractivity contribution >= 4 is 34.9 Å². The minimum Gasteiger partial charge on any atom is -0.495 e. The standard InChI is InChI=1S/C22H22ClN3O4/c1-3-4-11-30-22(28)17-7-5-6-8-19(17)26-21(27)15(13-24)14-25-16-9-10-20(29-2)18(23)12-16/h5-10,12,14,25H,3-4,11H2,1-2H3,(H,26,27)/b15-14-. The molecule has 8 heteroatoms. The Morgan fingerprint density at radius 1 is 1.23 bits per heavy atom. The molecular weight excluding hydrogens is 406 g/mol. The Morgan fingerprint density at radius 3 is 2.67 bits per heavy atom. The van der Waals surface area contributed by atoms with E-state index in [4.69, 9.17) is 21.1 Å². The van der Waals surface area contributed by atoms with Gasteiger partial charge in [-0.1, -0.05) is 37.1 Å². The van der Waals surface area contributed by atoms with Gasteiger partial charge in [-0.3, -0.25) is 4.79 Å². The van der Waals surface area contributed by atoms with Crippen molar-refractivity contribution in [3.63, 3.8) is 0 Å². The van der Waals surface area contributed by atoms with Crippen LogP contribution in [0.4, 0.5) is 11.4 Å². The topological polar surface area (TPSA) is 100 Å². The maximum absolute atomic E-state index is 12.5. The Bertz CT molecular complexity index is 983. The van der Waals surface area contributed by atoms with Crippen molar-refractivity contribution in [1.82, 2.24) is 0 Å². The monoisotopic (exact) mass is 427 g/mol. The molecule has 2 N–H and O–H groups in total. The van der Waals surface area contributed by atoms with Crippen LogP contribution in [0.3, 0.4) is 0 Å². The van der Waals surface area contributed by atoms with Gasteiger partial charge in [0.15, 0.2) is 0 Å². The normalized spacial score (nSPS) is 10.7. The first-order chi connectivity index (χ1) is 14.5. The van der Waals surface area contributed by atoms with Gasteiger partial charge in [-0.25, -0.2) is 4.79 Å². The second-order valence-corrected chi connectivity index (χ2v) is 6.56. The number of nitrogens with one attached hydrogen (secondary N) is 2. The summed E-state index contributed by atoms with van der Waals surface area (Å²) in [4.78, 5) is 24.8. The molecule has 0 atom stereocenters. The van der Waals surface area contributed by atoms with Crippen LogP contribution >= 0.6 is 11.6 Å². The summed E-state index contributed by atoms with van der Waals surface area (Å²) < 4.78 is 10.3. The number of esters is 1. The molecule has 0 aromatic heterocycles. The average Bonchev–Trinajstić information content (AvgIpc) is 2.74. The third kappa shape index (κ3) is 6.26. The zero-order valence-corrected chi connectivity index (χ0v) is 17.5. The molecule has 0 aliphatic rings. The molecule has 0 heterocycles. The second-order valence-electron chi connectivity index (χ2n) is 6.15. The number of nitrogens with zero attached hydrogens (tertiary/aromatic N) is 1. The SMILES string of the molecule is CCCCOC(=O)c1ccccc1NC(=O)/C(C#N)=C\Nc1ccc(OC)c(Cl)c1. The van der Waals surface area contributed by atoms with E-state index in [1.54, 1.807) is 42.5 Å². The number of carbonyl (C=O) groups excluding carboxylic acids is 2. The van der Waals surface area contributed by atoms with Gasteiger partial charge >= 0.3 is 5.97 Å². The minimum absolute atomic E-state index is 0.184. The summed E-state index contributed by atoms with van der Waals surface area (Å²) in [5.41, 5.74) is 0.865. The highest BCUT2D eigenvalue weighted by Crippen LogP contribution is 2.27. The zero-order chi connectivity index (χ0) is 21.9. The van der Waals surface area contributed by atoms with Crippen molar-refractivity contribution in [1.29, 1.82) is 5.26 Å². The quantitative estimate of drug-likeness (QED) is 0.259. The van der Waals surface area contributed by atoms with Crippen LogP contribution < -0.4 is 15.4 Å². The fourth-order valence-corrected chi connectivity index (χ4v) is 2.66. The van der Waals surface area contributed by atoms with Gasteiger partial charge in [-0.15, -0.1) is 0 Å². The number of hydrogen-bond acceptors (Lipinski definition) is 6. The number of halogens is 1. The molecule has 2 aromatic carbocycles. The lowest BCUT2D eigenvalue weighted by molar-refractivity contribution is -0.112. The number of hydrogen-bond donors (Lipinski definition) is 2. The average molecular weight is 428 g/mol. The Hall–Kier alpha value is -3.50. The number of rotatable bonds is 9. The van der Waals surface area contributed by atoms with Crippen LogP contribution in [-0.4, -0.2) is 25.6 Å². The maximum atomic E-state index is 12.5. The Morgan fingerprint density at radius 2 is 2.00 bits per heavy atom. The van der Waals surface area contributed by atoms with Gasteiger partial charge in [-0.05, 0) is 36.8 Å². The highest BCUT2D eigenvalue weighted by molar-refractivity contribution is 6.32. The summed E-state index contributed by atoms with van der Waals surface area (Å²) in [5, 5.41) is 15.2. The molecule has 0 saturated carbocycles. The van der Waals surface area contributed by atoms with Crippen molar-refractivity contribution in [2.24, 2.45) is 0 Å². The fraction of sp³-hybridized carbons (Fsp3) is 0.227. The molecule has 0 radical (unpaired) electrons. The Labute approximate surface area is 180 Å². The summed E-state index contributed by atoms with van der Waals surface area (Å²) in [6.07, 6.45) is 2.91. The largest absolute Gasteiger partial charge is 0.495 e. The van der Waals surface area contributed by atoms with Crippen molar-refractivity contribution in [2.45, 2.75) is 19.8 Å². The molecule has 0 unspecified atom stereocenters. The van der Waals surface area contributed by atoms with E-state index < -0.39 is 11.9 Å². The lowest BCUT2D eigenvalue weighted by Crippen LogP contribution is -2.18. The molecule has 0 aliphatic heterocycles. The van der Waals surface area contributed by atoms with Gasteiger partial charge in [0.2, 0.25) is 0 Å². The van der Waals surface area contributed by atoms with E-state index in [2.05, 4.69) is 10.6 Å². The summed E-state index contributed by atoms with van der Waals surface area (Å²) in [7, 11) is 1.50. The van der Waals surface area contributed by atoms with E-state index in [1.807, 2.05) is 13.0 Å². The Balaban J connectivity index is 2.12. The van der Waals surface area contributed by atoms with Gasteiger partial charge < -0.3 is 20.1 Å². The summed E-state index contributed by atoms with van der Waals surface area (Å²) in [6.45, 7) is 2.29. The molecule has 0 fully saturated rings. The van der Waals surface area contributed by atoms with Gasteiger partial charge in [-0.2, -0.15) is 5.26 Å². The zero-order valence-electron chi connectivity index (χ0n) is 16.7. The predicted octanol–water partition coefficient (Wildman–Crippen LogP) is 4.76. The number of para-hydroxylation sites is 1. The van der Waals surface area contributed by atoms with Crippen molar-refractivity contribution in [3.8, 4) is 11.8 Å². The first kappa shape index (κ1) is 22.8. The highest BCUT2D eigenvalue weighted by atomic mass is 35.5. The summed E-state index contributed by atoms with van der Waals surface area (Å²) >= 11 is 6.07. The van der Waals surface area contributed by atoms with E-state index in [1.165, 1.54) is 13.3 Å². The van der Waals surface area contributed by atoms with E-state index in [9.17, 15) is 14.9 Å². The molecule has 156 valence electrons. The predicted molar refractivity (Wildman–Crippen MR) is 116 cm³/mol. The Kier molecular flexibility index (Phi) is 8.73. The minimum atomic E-state index is -0.668. The molecular formula is C22H22ClN3O4. The van der Waals surface area contributed by atoms with Crippen molar-refractivity contribution in [3.05, 3.63) is 64.8 Å². The molecule has 30 heavy (non-hydrogen) atoms. The molecule has 2 rings (SSSR count).